The number of rotatable bonds is 10. The molecular weight excluding hydrogens is 260 g/mol. The molecule has 0 atom stereocenters. The van der Waals surface area contributed by atoms with Crippen LogP contribution in [0.25, 0.3) is 0 Å². The molecule has 1 aromatic rings. The van der Waals surface area contributed by atoms with Gasteiger partial charge in [0.1, 0.15) is 0 Å². The minimum atomic E-state index is 0.973. The number of benzene rings is 1. The van der Waals surface area contributed by atoms with E-state index >= 15 is 0 Å². The third-order valence-corrected chi connectivity index (χ3v) is 3.94. The van der Waals surface area contributed by atoms with Gasteiger partial charge in [0.15, 0.2) is 0 Å². The Labute approximate surface area is 120 Å². The topological polar surface area (TPSA) is 24.1 Å². The summed E-state index contributed by atoms with van der Waals surface area (Å²) < 4.78 is 0. The zero-order valence-electron chi connectivity index (χ0n) is 11.4. The van der Waals surface area contributed by atoms with Crippen LogP contribution in [0.5, 0.6) is 0 Å². The van der Waals surface area contributed by atoms with Gasteiger partial charge in [-0.1, -0.05) is 24.3 Å². The molecule has 1 aromatic carbocycles. The summed E-state index contributed by atoms with van der Waals surface area (Å²) in [4.78, 5) is 0. The predicted molar refractivity (Wildman–Crippen MR) is 86.6 cm³/mol. The van der Waals surface area contributed by atoms with Crippen molar-refractivity contribution < 1.29 is 0 Å². The van der Waals surface area contributed by atoms with Crippen LogP contribution in [0.2, 0.25) is 0 Å². The van der Waals surface area contributed by atoms with Crippen molar-refractivity contribution >= 4 is 23.5 Å². The quantitative estimate of drug-likeness (QED) is 0.645. The van der Waals surface area contributed by atoms with Crippen molar-refractivity contribution in [1.29, 1.82) is 0 Å². The highest BCUT2D eigenvalue weighted by Crippen LogP contribution is 2.08. The summed E-state index contributed by atoms with van der Waals surface area (Å²) in [5, 5.41) is 6.98. The Morgan fingerprint density at radius 1 is 0.833 bits per heavy atom. The Hall–Kier alpha value is -0.160. The van der Waals surface area contributed by atoms with E-state index in [9.17, 15) is 0 Å². The molecule has 0 bridgehead atoms. The molecule has 0 saturated heterocycles. The van der Waals surface area contributed by atoms with Gasteiger partial charge in [0.25, 0.3) is 0 Å². The lowest BCUT2D eigenvalue weighted by Gasteiger charge is -2.11. The molecule has 4 heteroatoms. The SMILES string of the molecule is CSCCNCc1ccccc1CNCCSC. The van der Waals surface area contributed by atoms with Crippen molar-refractivity contribution in [3.05, 3.63) is 35.4 Å². The van der Waals surface area contributed by atoms with E-state index in [-0.39, 0.29) is 0 Å². The molecule has 0 aromatic heterocycles. The molecule has 2 nitrogen and oxygen atoms in total. The predicted octanol–water partition coefficient (Wildman–Crippen LogP) is 2.59. The van der Waals surface area contributed by atoms with Crippen LogP contribution in [0.4, 0.5) is 0 Å². The summed E-state index contributed by atoms with van der Waals surface area (Å²) >= 11 is 3.77. The lowest BCUT2D eigenvalue weighted by atomic mass is 10.1. The van der Waals surface area contributed by atoms with Crippen molar-refractivity contribution in [3.8, 4) is 0 Å². The van der Waals surface area contributed by atoms with Gasteiger partial charge < -0.3 is 10.6 Å². The van der Waals surface area contributed by atoms with Crippen LogP contribution in [-0.4, -0.2) is 37.1 Å². The van der Waals surface area contributed by atoms with Crippen LogP contribution in [0.3, 0.4) is 0 Å². The second-order valence-corrected chi connectivity index (χ2v) is 6.08. The zero-order valence-corrected chi connectivity index (χ0v) is 13.0. The van der Waals surface area contributed by atoms with Gasteiger partial charge in [0.2, 0.25) is 0 Å². The third kappa shape index (κ3) is 6.69. The monoisotopic (exact) mass is 284 g/mol. The van der Waals surface area contributed by atoms with Crippen LogP contribution in [0.15, 0.2) is 24.3 Å². The van der Waals surface area contributed by atoms with Crippen LogP contribution < -0.4 is 10.6 Å². The first kappa shape index (κ1) is 15.9. The molecule has 0 radical (unpaired) electrons. The number of nitrogens with one attached hydrogen (secondary N) is 2. The normalized spacial score (nSPS) is 10.8. The van der Waals surface area contributed by atoms with Crippen molar-refractivity contribution in [1.82, 2.24) is 10.6 Å². The van der Waals surface area contributed by atoms with Crippen molar-refractivity contribution in [3.63, 3.8) is 0 Å². The minimum absolute atomic E-state index is 0.973. The highest BCUT2D eigenvalue weighted by atomic mass is 32.2. The lowest BCUT2D eigenvalue weighted by Crippen LogP contribution is -2.20. The average molecular weight is 284 g/mol. The lowest BCUT2D eigenvalue weighted by molar-refractivity contribution is 0.695. The number of hydrogen-bond acceptors (Lipinski definition) is 4. The maximum absolute atomic E-state index is 3.49. The molecule has 0 aliphatic rings. The molecule has 2 N–H and O–H groups in total. The molecular formula is C14H24N2S2. The van der Waals surface area contributed by atoms with E-state index in [4.69, 9.17) is 0 Å². The fourth-order valence-electron chi connectivity index (χ4n) is 1.70. The zero-order chi connectivity index (χ0) is 13.1. The summed E-state index contributed by atoms with van der Waals surface area (Å²) in [5.74, 6) is 2.35. The first-order valence-corrected chi connectivity index (χ1v) is 9.13. The van der Waals surface area contributed by atoms with Gasteiger partial charge in [-0.05, 0) is 23.6 Å². The van der Waals surface area contributed by atoms with Crippen molar-refractivity contribution in [2.75, 3.05) is 37.1 Å². The standard InChI is InChI=1S/C14H24N2S2/c1-17-9-7-15-11-13-5-3-4-6-14(13)12-16-8-10-18-2/h3-6,15-16H,7-12H2,1-2H3. The molecule has 1 rings (SSSR count). The molecule has 0 heterocycles. The maximum atomic E-state index is 3.49. The minimum Gasteiger partial charge on any atom is -0.312 e. The van der Waals surface area contributed by atoms with E-state index in [0.717, 1.165) is 26.2 Å². The highest BCUT2D eigenvalue weighted by Gasteiger charge is 2.00. The van der Waals surface area contributed by atoms with Gasteiger partial charge in [0, 0.05) is 37.7 Å². The summed E-state index contributed by atoms with van der Waals surface area (Å²) in [6.07, 6.45) is 4.29. The van der Waals surface area contributed by atoms with Gasteiger partial charge in [-0.25, -0.2) is 0 Å². The van der Waals surface area contributed by atoms with Crippen LogP contribution >= 0.6 is 23.5 Å². The first-order valence-electron chi connectivity index (χ1n) is 6.34. The molecule has 102 valence electrons. The molecule has 0 unspecified atom stereocenters. The second kappa shape index (κ2) is 10.7. The second-order valence-electron chi connectivity index (χ2n) is 4.11. The van der Waals surface area contributed by atoms with E-state index in [2.05, 4.69) is 47.4 Å². The first-order chi connectivity index (χ1) is 8.88. The number of hydrogen-bond donors (Lipinski definition) is 2. The van der Waals surface area contributed by atoms with E-state index in [1.54, 1.807) is 0 Å². The van der Waals surface area contributed by atoms with Gasteiger partial charge in [-0.2, -0.15) is 23.5 Å². The molecule has 0 fully saturated rings. The van der Waals surface area contributed by atoms with Crippen LogP contribution in [0.1, 0.15) is 11.1 Å². The fourth-order valence-corrected chi connectivity index (χ4v) is 2.39. The molecule has 0 aliphatic carbocycles. The summed E-state index contributed by atoms with van der Waals surface area (Å²) in [7, 11) is 0. The van der Waals surface area contributed by atoms with Gasteiger partial charge >= 0.3 is 0 Å². The Morgan fingerprint density at radius 2 is 1.28 bits per heavy atom. The molecule has 0 aliphatic heterocycles. The van der Waals surface area contributed by atoms with Gasteiger partial charge in [-0.15, -0.1) is 0 Å². The Morgan fingerprint density at radius 3 is 1.67 bits per heavy atom. The van der Waals surface area contributed by atoms with Crippen molar-refractivity contribution in [2.24, 2.45) is 0 Å². The summed E-state index contributed by atoms with van der Waals surface area (Å²) in [6.45, 7) is 4.10. The largest absolute Gasteiger partial charge is 0.312 e. The maximum Gasteiger partial charge on any atom is 0.0209 e. The van der Waals surface area contributed by atoms with Gasteiger partial charge in [0.05, 0.1) is 0 Å². The molecule has 0 amide bonds. The van der Waals surface area contributed by atoms with E-state index in [1.807, 2.05) is 23.5 Å². The highest BCUT2D eigenvalue weighted by molar-refractivity contribution is 7.98. The van der Waals surface area contributed by atoms with Crippen LogP contribution in [-0.2, 0) is 13.1 Å². The van der Waals surface area contributed by atoms with Crippen molar-refractivity contribution in [2.45, 2.75) is 13.1 Å². The van der Waals surface area contributed by atoms with E-state index in [0.29, 0.717) is 0 Å². The summed E-state index contributed by atoms with van der Waals surface area (Å²) in [6, 6.07) is 8.68. The third-order valence-electron chi connectivity index (χ3n) is 2.72. The molecule has 18 heavy (non-hydrogen) atoms. The Bertz CT molecular complexity index is 287. The molecule has 0 spiro atoms. The van der Waals surface area contributed by atoms with E-state index in [1.165, 1.54) is 22.6 Å². The average Bonchev–Trinajstić information content (AvgIpc) is 2.41. The van der Waals surface area contributed by atoms with Crippen LogP contribution in [0, 0.1) is 0 Å². The number of thioether (sulfide) groups is 2. The smallest absolute Gasteiger partial charge is 0.0209 e. The van der Waals surface area contributed by atoms with Gasteiger partial charge in [-0.3, -0.25) is 0 Å². The summed E-state index contributed by atoms with van der Waals surface area (Å²) in [5.41, 5.74) is 2.82. The Kier molecular flexibility index (Phi) is 9.48. The Balaban J connectivity index is 2.36. The van der Waals surface area contributed by atoms with E-state index < -0.39 is 0 Å². The fraction of sp³-hybridized carbons (Fsp3) is 0.571. The molecule has 0 saturated carbocycles.